The summed E-state index contributed by atoms with van der Waals surface area (Å²) in [6, 6.07) is 14.4. The first-order valence-electron chi connectivity index (χ1n) is 7.96. The van der Waals surface area contributed by atoms with Crippen molar-refractivity contribution in [3.05, 3.63) is 85.3 Å². The maximum Gasteiger partial charge on any atom is 0.121 e. The molecule has 2 aromatic rings. The smallest absolute Gasteiger partial charge is 0.121 e. The number of ether oxygens (including phenoxy) is 2. The fraction of sp³-hybridized carbons (Fsp3) is 0.238. The quantitative estimate of drug-likeness (QED) is 0.564. The molecular weight excluding hydrogens is 316 g/mol. The third kappa shape index (κ3) is 6.63. The lowest BCUT2D eigenvalue weighted by atomic mass is 9.78. The van der Waals surface area contributed by atoms with Crippen molar-refractivity contribution in [2.45, 2.75) is 19.3 Å². The Balaban J connectivity index is 0.000000333. The van der Waals surface area contributed by atoms with Crippen LogP contribution in [0.5, 0.6) is 11.5 Å². The Morgan fingerprint density at radius 3 is 1.36 bits per heavy atom. The molecule has 25 heavy (non-hydrogen) atoms. The minimum absolute atomic E-state index is 0.151. The molecule has 0 aromatic heterocycles. The van der Waals surface area contributed by atoms with E-state index in [2.05, 4.69) is 27.0 Å². The van der Waals surface area contributed by atoms with Crippen LogP contribution in [0, 0.1) is 0 Å². The summed E-state index contributed by atoms with van der Waals surface area (Å²) >= 11 is 0. The van der Waals surface area contributed by atoms with Crippen molar-refractivity contribution in [3.8, 4) is 11.5 Å². The molecule has 0 radical (unpaired) electrons. The Labute approximate surface area is 149 Å². The van der Waals surface area contributed by atoms with Crippen molar-refractivity contribution in [1.29, 1.82) is 0 Å². The lowest BCUT2D eigenvalue weighted by Crippen LogP contribution is -2.18. The average Bonchev–Trinajstić information content (AvgIpc) is 2.60. The number of rotatable bonds is 7. The second-order valence-electron chi connectivity index (χ2n) is 5.79. The van der Waals surface area contributed by atoms with Crippen molar-refractivity contribution >= 4 is 0 Å². The largest absolute Gasteiger partial charge is 0.508 e. The zero-order valence-corrected chi connectivity index (χ0v) is 14.8. The molecule has 2 aromatic carbocycles. The lowest BCUT2D eigenvalue weighted by Gasteiger charge is -2.26. The molecule has 0 heterocycles. The van der Waals surface area contributed by atoms with Crippen molar-refractivity contribution in [2.75, 3.05) is 13.2 Å². The summed E-state index contributed by atoms with van der Waals surface area (Å²) < 4.78 is 9.45. The predicted molar refractivity (Wildman–Crippen MR) is 101 cm³/mol. The third-order valence-electron chi connectivity index (χ3n) is 3.73. The van der Waals surface area contributed by atoms with Crippen molar-refractivity contribution in [2.24, 2.45) is 0 Å². The summed E-state index contributed by atoms with van der Waals surface area (Å²) in [5, 5.41) is 18.6. The first-order valence-corrected chi connectivity index (χ1v) is 7.96. The van der Waals surface area contributed by atoms with Gasteiger partial charge in [0.05, 0.1) is 12.5 Å². The number of benzene rings is 2. The highest BCUT2D eigenvalue weighted by Gasteiger charge is 2.22. The molecule has 0 aliphatic heterocycles. The van der Waals surface area contributed by atoms with Crippen LogP contribution in [0.25, 0.3) is 0 Å². The van der Waals surface area contributed by atoms with Crippen LogP contribution >= 0.6 is 0 Å². The Morgan fingerprint density at radius 1 is 0.760 bits per heavy atom. The summed E-state index contributed by atoms with van der Waals surface area (Å²) in [6.07, 6.45) is 2.76. The van der Waals surface area contributed by atoms with E-state index in [1.54, 1.807) is 24.3 Å². The van der Waals surface area contributed by atoms with Gasteiger partial charge in [-0.1, -0.05) is 51.3 Å². The van der Waals surface area contributed by atoms with Crippen LogP contribution < -0.4 is 0 Å². The third-order valence-corrected chi connectivity index (χ3v) is 3.73. The van der Waals surface area contributed by atoms with E-state index in [9.17, 15) is 10.2 Å². The molecule has 2 N–H and O–H groups in total. The van der Waals surface area contributed by atoms with Gasteiger partial charge in [-0.15, -0.1) is 0 Å². The van der Waals surface area contributed by atoms with E-state index < -0.39 is 0 Å². The second kappa shape index (κ2) is 10.1. The molecule has 0 saturated heterocycles. The van der Waals surface area contributed by atoms with Gasteiger partial charge in [-0.2, -0.15) is 0 Å². The summed E-state index contributed by atoms with van der Waals surface area (Å²) in [4.78, 5) is 0. The van der Waals surface area contributed by atoms with Gasteiger partial charge in [0.25, 0.3) is 0 Å². The molecule has 0 aliphatic rings. The molecule has 0 saturated carbocycles. The van der Waals surface area contributed by atoms with Gasteiger partial charge in [-0.25, -0.2) is 0 Å². The Kier molecular flexibility index (Phi) is 8.13. The van der Waals surface area contributed by atoms with E-state index in [0.29, 0.717) is 13.2 Å². The van der Waals surface area contributed by atoms with E-state index in [1.807, 2.05) is 24.3 Å². The highest BCUT2D eigenvalue weighted by atomic mass is 16.5. The zero-order valence-electron chi connectivity index (χ0n) is 14.8. The molecule has 4 nitrogen and oxygen atoms in total. The van der Waals surface area contributed by atoms with Crippen LogP contribution in [0.3, 0.4) is 0 Å². The molecule has 4 heteroatoms. The van der Waals surface area contributed by atoms with E-state index in [0.717, 1.165) is 11.1 Å². The fourth-order valence-corrected chi connectivity index (χ4v) is 2.19. The molecule has 0 bridgehead atoms. The van der Waals surface area contributed by atoms with E-state index in [-0.39, 0.29) is 16.9 Å². The highest BCUT2D eigenvalue weighted by Crippen LogP contribution is 2.32. The summed E-state index contributed by atoms with van der Waals surface area (Å²) in [6.45, 7) is 12.0. The topological polar surface area (TPSA) is 58.9 Å². The van der Waals surface area contributed by atoms with Gasteiger partial charge in [0.2, 0.25) is 0 Å². The standard InChI is InChI=1S/C15H16O2.C6H10O2/c1-15(2,11-3-7-13(16)8-4-11)12-5-9-14(17)10-6-12;1-3-7-5-6-8-4-2/h3-10,16-17H,1-2H3;3-4H,1-2,5-6H2. The average molecular weight is 342 g/mol. The number of hydrogen-bond acceptors (Lipinski definition) is 4. The van der Waals surface area contributed by atoms with Gasteiger partial charge in [0, 0.05) is 5.41 Å². The van der Waals surface area contributed by atoms with E-state index in [1.165, 1.54) is 12.5 Å². The Hall–Kier alpha value is -2.88. The first-order chi connectivity index (χ1) is 11.9. The molecule has 134 valence electrons. The number of hydrogen-bond donors (Lipinski definition) is 2. The first kappa shape index (κ1) is 20.2. The van der Waals surface area contributed by atoms with E-state index >= 15 is 0 Å². The normalized spacial score (nSPS) is 10.2. The highest BCUT2D eigenvalue weighted by molar-refractivity contribution is 5.41. The monoisotopic (exact) mass is 342 g/mol. The zero-order chi connectivity index (χ0) is 18.7. The molecular formula is C21H26O4. The maximum absolute atomic E-state index is 9.30. The predicted octanol–water partition coefficient (Wildman–Crippen LogP) is 4.73. The molecule has 0 amide bonds. The fourth-order valence-electron chi connectivity index (χ4n) is 2.19. The lowest BCUT2D eigenvalue weighted by molar-refractivity contribution is 0.151. The van der Waals surface area contributed by atoms with Gasteiger partial charge in [0.15, 0.2) is 0 Å². The van der Waals surface area contributed by atoms with Gasteiger partial charge in [-0.3, -0.25) is 0 Å². The number of phenols is 2. The van der Waals surface area contributed by atoms with Crippen LogP contribution in [0.15, 0.2) is 74.2 Å². The molecule has 0 fully saturated rings. The van der Waals surface area contributed by atoms with Gasteiger partial charge < -0.3 is 19.7 Å². The Bertz CT molecular complexity index is 585. The summed E-state index contributed by atoms with van der Waals surface area (Å²) in [5.74, 6) is 0.547. The van der Waals surface area contributed by atoms with Gasteiger partial charge in [-0.05, 0) is 35.4 Å². The maximum atomic E-state index is 9.30. The van der Waals surface area contributed by atoms with Gasteiger partial charge in [0.1, 0.15) is 24.7 Å². The molecule has 2 rings (SSSR count). The molecule has 0 unspecified atom stereocenters. The van der Waals surface area contributed by atoms with Crippen LogP contribution in [0.1, 0.15) is 25.0 Å². The molecule has 0 aliphatic carbocycles. The minimum atomic E-state index is -0.151. The van der Waals surface area contributed by atoms with Crippen molar-refractivity contribution < 1.29 is 19.7 Å². The van der Waals surface area contributed by atoms with Crippen molar-refractivity contribution in [1.82, 2.24) is 0 Å². The number of phenolic OH excluding ortho intramolecular Hbond substituents is 2. The van der Waals surface area contributed by atoms with Crippen LogP contribution in [-0.4, -0.2) is 23.4 Å². The minimum Gasteiger partial charge on any atom is -0.508 e. The number of aromatic hydroxyl groups is 2. The molecule has 0 atom stereocenters. The summed E-state index contributed by atoms with van der Waals surface area (Å²) in [7, 11) is 0. The van der Waals surface area contributed by atoms with Crippen LogP contribution in [0.4, 0.5) is 0 Å². The van der Waals surface area contributed by atoms with Crippen LogP contribution in [-0.2, 0) is 14.9 Å². The van der Waals surface area contributed by atoms with Crippen molar-refractivity contribution in [3.63, 3.8) is 0 Å². The van der Waals surface area contributed by atoms with Crippen LogP contribution in [0.2, 0.25) is 0 Å². The Morgan fingerprint density at radius 2 is 1.08 bits per heavy atom. The molecule has 0 spiro atoms. The van der Waals surface area contributed by atoms with E-state index in [4.69, 9.17) is 9.47 Å². The van der Waals surface area contributed by atoms with Gasteiger partial charge >= 0.3 is 0 Å². The second-order valence-corrected chi connectivity index (χ2v) is 5.79. The SMILES string of the molecule is C=COCCOC=C.CC(C)(c1ccc(O)cc1)c1ccc(O)cc1. The summed E-state index contributed by atoms with van der Waals surface area (Å²) in [5.41, 5.74) is 2.10.